The van der Waals surface area contributed by atoms with E-state index in [1.807, 2.05) is 15.6 Å². The van der Waals surface area contributed by atoms with Crippen LogP contribution in [0.1, 0.15) is 50.3 Å². The predicted molar refractivity (Wildman–Crippen MR) is 112 cm³/mol. The molecule has 0 unspecified atom stereocenters. The summed E-state index contributed by atoms with van der Waals surface area (Å²) >= 11 is 0. The molecule has 2 aliphatic rings. The smallest absolute Gasteiger partial charge is 0.266 e. The maximum atomic E-state index is 12.9. The van der Waals surface area contributed by atoms with Crippen LogP contribution in [0.4, 0.5) is 11.7 Å². The van der Waals surface area contributed by atoms with E-state index in [4.69, 9.17) is 8.83 Å². The average Bonchev–Trinajstić information content (AvgIpc) is 3.60. The highest BCUT2D eigenvalue weighted by Crippen LogP contribution is 2.33. The Bertz CT molecular complexity index is 1080. The fraction of sp³-hybridized carbons (Fsp3) is 0.455. The summed E-state index contributed by atoms with van der Waals surface area (Å²) in [5.74, 6) is 1.92. The molecule has 4 heterocycles. The van der Waals surface area contributed by atoms with E-state index in [1.165, 1.54) is 19.1 Å². The molecule has 160 valence electrons. The molecule has 1 N–H and O–H groups in total. The van der Waals surface area contributed by atoms with E-state index in [0.717, 1.165) is 18.7 Å². The zero-order valence-electron chi connectivity index (χ0n) is 17.2. The van der Waals surface area contributed by atoms with E-state index < -0.39 is 0 Å². The maximum Gasteiger partial charge on any atom is 0.266 e. The third-order valence-corrected chi connectivity index (χ3v) is 6.19. The zero-order chi connectivity index (χ0) is 21.2. The molecule has 1 amide bonds. The highest BCUT2D eigenvalue weighted by molar-refractivity contribution is 5.92. The molecule has 0 bridgehead atoms. The van der Waals surface area contributed by atoms with E-state index >= 15 is 0 Å². The van der Waals surface area contributed by atoms with Gasteiger partial charge in [0.25, 0.3) is 5.89 Å². The number of hydrogen-bond donors (Lipinski definition) is 1. The third kappa shape index (κ3) is 3.81. The van der Waals surface area contributed by atoms with Crippen molar-refractivity contribution in [3.63, 3.8) is 0 Å². The van der Waals surface area contributed by atoms with Crippen molar-refractivity contribution in [2.75, 3.05) is 23.3 Å². The number of oxazole rings is 1. The summed E-state index contributed by atoms with van der Waals surface area (Å²) in [6.45, 7) is 1.23. The largest absolute Gasteiger partial charge is 0.459 e. The second-order valence-electron chi connectivity index (χ2n) is 8.11. The first kappa shape index (κ1) is 19.4. The van der Waals surface area contributed by atoms with Crippen LogP contribution in [0.5, 0.6) is 0 Å². The summed E-state index contributed by atoms with van der Waals surface area (Å²) in [6, 6.07) is 7.83. The Morgan fingerprint density at radius 1 is 1.19 bits per heavy atom. The summed E-state index contributed by atoms with van der Waals surface area (Å²) in [5.41, 5.74) is 0.231. The van der Waals surface area contributed by atoms with Crippen molar-refractivity contribution in [1.29, 1.82) is 5.26 Å². The fourth-order valence-corrected chi connectivity index (χ4v) is 4.53. The summed E-state index contributed by atoms with van der Waals surface area (Å²) in [4.78, 5) is 19.1. The lowest BCUT2D eigenvalue weighted by Gasteiger charge is -2.31. The second kappa shape index (κ2) is 8.30. The van der Waals surface area contributed by atoms with Gasteiger partial charge in [-0.05, 0) is 37.8 Å². The van der Waals surface area contributed by atoms with Crippen molar-refractivity contribution in [1.82, 2.24) is 14.8 Å². The minimum Gasteiger partial charge on any atom is -0.459 e. The van der Waals surface area contributed by atoms with Crippen LogP contribution < -0.4 is 10.2 Å². The molecule has 1 aliphatic carbocycles. The molecule has 31 heavy (non-hydrogen) atoms. The van der Waals surface area contributed by atoms with Crippen molar-refractivity contribution in [3.05, 3.63) is 36.4 Å². The van der Waals surface area contributed by atoms with Crippen molar-refractivity contribution >= 4 is 17.6 Å². The van der Waals surface area contributed by atoms with Gasteiger partial charge in [-0.15, -0.1) is 0 Å². The Balaban J connectivity index is 1.23. The number of nitrogens with zero attached hydrogens (tertiary/aromatic N) is 5. The molecular formula is C22H24N6O3. The Morgan fingerprint density at radius 2 is 2.00 bits per heavy atom. The Hall–Kier alpha value is -3.54. The first-order chi connectivity index (χ1) is 15.2. The lowest BCUT2D eigenvalue weighted by atomic mass is 9.96. The highest BCUT2D eigenvalue weighted by atomic mass is 16.4. The van der Waals surface area contributed by atoms with Gasteiger partial charge >= 0.3 is 0 Å². The fourth-order valence-electron chi connectivity index (χ4n) is 4.53. The van der Waals surface area contributed by atoms with Gasteiger partial charge in [0, 0.05) is 25.1 Å². The SMILES string of the molecule is N#Cc1nc(-c2ccco2)oc1N1CCC(C(=O)Nc2ccnn2C2CCCC2)CC1. The van der Waals surface area contributed by atoms with Crippen molar-refractivity contribution < 1.29 is 13.6 Å². The highest BCUT2D eigenvalue weighted by Gasteiger charge is 2.30. The van der Waals surface area contributed by atoms with Crippen LogP contribution in [-0.4, -0.2) is 33.8 Å². The standard InChI is InChI=1S/C22H24N6O3/c23-14-17-22(31-21(25-17)18-6-3-13-30-18)27-11-8-15(9-12-27)20(29)26-19-7-10-24-28(19)16-4-1-2-5-16/h3,6-7,10,13,15-16H,1-2,4-5,8-9,11-12H2,(H,26,29). The van der Waals surface area contributed by atoms with E-state index in [-0.39, 0.29) is 23.4 Å². The van der Waals surface area contributed by atoms with Crippen LogP contribution in [0.3, 0.4) is 0 Å². The van der Waals surface area contributed by atoms with Crippen LogP contribution >= 0.6 is 0 Å². The molecule has 1 saturated heterocycles. The zero-order valence-corrected chi connectivity index (χ0v) is 17.2. The van der Waals surface area contributed by atoms with Crippen LogP contribution in [-0.2, 0) is 4.79 Å². The normalized spacial score (nSPS) is 17.7. The molecule has 1 aliphatic heterocycles. The number of piperidine rings is 1. The Morgan fingerprint density at radius 3 is 2.71 bits per heavy atom. The molecule has 0 aromatic carbocycles. The molecule has 0 atom stereocenters. The summed E-state index contributed by atoms with van der Waals surface area (Å²) < 4.78 is 13.1. The number of rotatable bonds is 5. The van der Waals surface area contributed by atoms with Gasteiger partial charge in [-0.25, -0.2) is 4.68 Å². The molecule has 3 aromatic heterocycles. The Labute approximate surface area is 179 Å². The van der Waals surface area contributed by atoms with Gasteiger partial charge in [0.2, 0.25) is 17.5 Å². The summed E-state index contributed by atoms with van der Waals surface area (Å²) in [6.07, 6.45) is 9.28. The number of nitrogens with one attached hydrogen (secondary N) is 1. The average molecular weight is 420 g/mol. The molecule has 3 aromatic rings. The monoisotopic (exact) mass is 420 g/mol. The molecule has 9 nitrogen and oxygen atoms in total. The summed E-state index contributed by atoms with van der Waals surface area (Å²) in [5, 5.41) is 17.0. The predicted octanol–water partition coefficient (Wildman–Crippen LogP) is 3.97. The number of aromatic nitrogens is 3. The number of carbonyl (C=O) groups excluding carboxylic acids is 1. The minimum atomic E-state index is -0.0961. The molecule has 0 spiro atoms. The van der Waals surface area contributed by atoms with Gasteiger partial charge < -0.3 is 19.1 Å². The molecular weight excluding hydrogens is 396 g/mol. The third-order valence-electron chi connectivity index (χ3n) is 6.19. The minimum absolute atomic E-state index is 0.0220. The molecule has 2 fully saturated rings. The number of hydrogen-bond acceptors (Lipinski definition) is 7. The van der Waals surface area contributed by atoms with Crippen molar-refractivity contribution in [2.45, 2.75) is 44.6 Å². The van der Waals surface area contributed by atoms with Crippen LogP contribution in [0.25, 0.3) is 11.7 Å². The Kier molecular flexibility index (Phi) is 5.20. The van der Waals surface area contributed by atoms with Gasteiger partial charge in [0.15, 0.2) is 5.76 Å². The number of furan rings is 1. The maximum absolute atomic E-state index is 12.9. The van der Waals surface area contributed by atoms with Gasteiger partial charge in [-0.2, -0.15) is 15.3 Å². The first-order valence-electron chi connectivity index (χ1n) is 10.8. The molecule has 0 radical (unpaired) electrons. The van der Waals surface area contributed by atoms with Crippen molar-refractivity contribution in [3.8, 4) is 17.7 Å². The number of anilines is 2. The number of carbonyl (C=O) groups is 1. The molecule has 9 heteroatoms. The topological polar surface area (TPSA) is 113 Å². The van der Waals surface area contributed by atoms with Crippen LogP contribution in [0, 0.1) is 17.2 Å². The van der Waals surface area contributed by atoms with Gasteiger partial charge in [0.05, 0.1) is 18.5 Å². The van der Waals surface area contributed by atoms with Gasteiger partial charge in [0.1, 0.15) is 11.9 Å². The summed E-state index contributed by atoms with van der Waals surface area (Å²) in [7, 11) is 0. The van der Waals surface area contributed by atoms with Gasteiger partial charge in [-0.3, -0.25) is 4.79 Å². The van der Waals surface area contributed by atoms with Crippen molar-refractivity contribution in [2.24, 2.45) is 5.92 Å². The van der Waals surface area contributed by atoms with E-state index in [1.54, 1.807) is 18.3 Å². The lowest BCUT2D eigenvalue weighted by molar-refractivity contribution is -0.120. The second-order valence-corrected chi connectivity index (χ2v) is 8.11. The van der Waals surface area contributed by atoms with E-state index in [9.17, 15) is 10.1 Å². The molecule has 1 saturated carbocycles. The molecule has 5 rings (SSSR count). The number of amides is 1. The lowest BCUT2D eigenvalue weighted by Crippen LogP contribution is -2.38. The van der Waals surface area contributed by atoms with Gasteiger partial charge in [-0.1, -0.05) is 12.8 Å². The quantitative estimate of drug-likeness (QED) is 0.664. The number of nitriles is 1. The van der Waals surface area contributed by atoms with Crippen LogP contribution in [0.2, 0.25) is 0 Å². The first-order valence-corrected chi connectivity index (χ1v) is 10.8. The van der Waals surface area contributed by atoms with E-state index in [2.05, 4.69) is 21.5 Å². The van der Waals surface area contributed by atoms with Crippen LogP contribution in [0.15, 0.2) is 39.5 Å². The van der Waals surface area contributed by atoms with E-state index in [0.29, 0.717) is 43.6 Å².